The van der Waals surface area contributed by atoms with E-state index in [9.17, 15) is 13.2 Å². The Morgan fingerprint density at radius 1 is 0.814 bits per heavy atom. The summed E-state index contributed by atoms with van der Waals surface area (Å²) in [4.78, 5) is 17.1. The largest absolute Gasteiger partial charge is 0.495 e. The summed E-state index contributed by atoms with van der Waals surface area (Å²) < 4.78 is 41.7. The Bertz CT molecular complexity index is 1630. The van der Waals surface area contributed by atoms with Gasteiger partial charge in [0.1, 0.15) is 16.4 Å². The van der Waals surface area contributed by atoms with Crippen molar-refractivity contribution >= 4 is 33.0 Å². The van der Waals surface area contributed by atoms with Crippen molar-refractivity contribution in [3.05, 3.63) is 109 Å². The average molecular weight is 601 g/mol. The third-order valence-corrected chi connectivity index (χ3v) is 8.89. The molecule has 0 bridgehead atoms. The number of carbonyl (C=O) groups is 1. The summed E-state index contributed by atoms with van der Waals surface area (Å²) in [6.07, 6.45) is 0. The van der Waals surface area contributed by atoms with Crippen LogP contribution in [0.5, 0.6) is 11.5 Å². The van der Waals surface area contributed by atoms with Crippen molar-refractivity contribution in [2.45, 2.75) is 17.9 Å². The molecule has 0 radical (unpaired) electrons. The normalized spacial score (nSPS) is 14.2. The van der Waals surface area contributed by atoms with Gasteiger partial charge in [-0.05, 0) is 55.0 Å². The molecule has 4 aromatic rings. The molecular formula is C33H36N4O5S. The fraction of sp³-hybridized carbons (Fsp3) is 0.242. The average Bonchev–Trinajstić information content (AvgIpc) is 3.04. The van der Waals surface area contributed by atoms with Gasteiger partial charge in [-0.15, -0.1) is 0 Å². The lowest BCUT2D eigenvalue weighted by Gasteiger charge is -2.38. The molecule has 0 unspecified atom stereocenters. The van der Waals surface area contributed by atoms with Crippen LogP contribution in [0.2, 0.25) is 0 Å². The number of rotatable bonds is 11. The van der Waals surface area contributed by atoms with Crippen molar-refractivity contribution in [1.29, 1.82) is 0 Å². The summed E-state index contributed by atoms with van der Waals surface area (Å²) in [5.74, 6) is 0.980. The second-order valence-electron chi connectivity index (χ2n) is 10.2. The number of methoxy groups -OCH3 is 1. The van der Waals surface area contributed by atoms with Gasteiger partial charge in [-0.1, -0.05) is 60.7 Å². The van der Waals surface area contributed by atoms with Crippen molar-refractivity contribution in [3.63, 3.8) is 0 Å². The lowest BCUT2D eigenvalue weighted by Crippen LogP contribution is -2.47. The molecular weight excluding hydrogens is 564 g/mol. The summed E-state index contributed by atoms with van der Waals surface area (Å²) >= 11 is 0. The number of hydrogen-bond acceptors (Lipinski definition) is 7. The predicted molar refractivity (Wildman–Crippen MR) is 170 cm³/mol. The Labute approximate surface area is 253 Å². The number of carbonyl (C=O) groups excluding carboxylic acids is 1. The van der Waals surface area contributed by atoms with Gasteiger partial charge in [-0.2, -0.15) is 0 Å². The van der Waals surface area contributed by atoms with E-state index in [-0.39, 0.29) is 11.5 Å². The minimum atomic E-state index is -3.99. The second kappa shape index (κ2) is 13.6. The molecule has 1 heterocycles. The van der Waals surface area contributed by atoms with E-state index >= 15 is 0 Å². The molecule has 0 spiro atoms. The summed E-state index contributed by atoms with van der Waals surface area (Å²) in [6.45, 7) is 4.18. The highest BCUT2D eigenvalue weighted by Gasteiger charge is 2.28. The van der Waals surface area contributed by atoms with E-state index in [4.69, 9.17) is 9.47 Å². The van der Waals surface area contributed by atoms with E-state index in [1.54, 1.807) is 31.4 Å². The first-order chi connectivity index (χ1) is 20.8. The van der Waals surface area contributed by atoms with Gasteiger partial charge in [0.2, 0.25) is 10.0 Å². The first-order valence-corrected chi connectivity index (χ1v) is 15.6. The number of amides is 1. The first-order valence-electron chi connectivity index (χ1n) is 14.2. The molecule has 10 heteroatoms. The third kappa shape index (κ3) is 7.46. The van der Waals surface area contributed by atoms with Gasteiger partial charge >= 0.3 is 0 Å². The number of hydrogen-bond donors (Lipinski definition) is 2. The van der Waals surface area contributed by atoms with Gasteiger partial charge in [0.25, 0.3) is 5.91 Å². The summed E-state index contributed by atoms with van der Waals surface area (Å²) in [5, 5.41) is 2.78. The minimum Gasteiger partial charge on any atom is -0.495 e. The number of benzene rings is 4. The molecule has 9 nitrogen and oxygen atoms in total. The van der Waals surface area contributed by atoms with E-state index in [1.807, 2.05) is 79.7 Å². The van der Waals surface area contributed by atoms with Gasteiger partial charge in [0, 0.05) is 37.9 Å². The molecule has 1 aliphatic rings. The number of piperazine rings is 1. The van der Waals surface area contributed by atoms with Gasteiger partial charge in [-0.3, -0.25) is 4.79 Å². The third-order valence-electron chi connectivity index (χ3n) is 7.32. The lowest BCUT2D eigenvalue weighted by molar-refractivity contribution is -0.118. The van der Waals surface area contributed by atoms with Gasteiger partial charge in [0.05, 0.1) is 18.5 Å². The van der Waals surface area contributed by atoms with E-state index in [2.05, 4.69) is 19.8 Å². The molecule has 0 saturated carbocycles. The van der Waals surface area contributed by atoms with Gasteiger partial charge < -0.3 is 24.6 Å². The van der Waals surface area contributed by atoms with Crippen LogP contribution in [0.4, 0.5) is 17.1 Å². The molecule has 4 aromatic carbocycles. The van der Waals surface area contributed by atoms with Crippen LogP contribution in [0.25, 0.3) is 0 Å². The van der Waals surface area contributed by atoms with E-state index in [1.165, 1.54) is 6.07 Å². The van der Waals surface area contributed by atoms with Crippen LogP contribution in [0.3, 0.4) is 0 Å². The van der Waals surface area contributed by atoms with Crippen LogP contribution >= 0.6 is 0 Å². The van der Waals surface area contributed by atoms with Crippen LogP contribution in [0, 0.1) is 0 Å². The van der Waals surface area contributed by atoms with Crippen molar-refractivity contribution in [2.75, 3.05) is 55.0 Å². The maximum atomic E-state index is 13.9. The molecule has 1 atom stereocenters. The monoisotopic (exact) mass is 600 g/mol. The highest BCUT2D eigenvalue weighted by atomic mass is 32.2. The second-order valence-corrected chi connectivity index (χ2v) is 11.9. The zero-order valence-electron chi connectivity index (χ0n) is 24.3. The topological polar surface area (TPSA) is 100 Å². The zero-order valence-corrected chi connectivity index (χ0v) is 25.1. The van der Waals surface area contributed by atoms with Crippen LogP contribution < -0.4 is 29.3 Å². The fourth-order valence-electron chi connectivity index (χ4n) is 5.12. The molecule has 1 fully saturated rings. The predicted octanol–water partition coefficient (Wildman–Crippen LogP) is 5.08. The molecule has 1 aliphatic heterocycles. The maximum Gasteiger partial charge on any atom is 0.262 e. The first kappa shape index (κ1) is 29.9. The van der Waals surface area contributed by atoms with Crippen LogP contribution in [0.1, 0.15) is 18.5 Å². The SMILES string of the molecule is COc1ccccc1N1CCN(c2ccc(NC(=O)COc3ccccc3)cc2S(=O)(=O)N[C@@H](C)c2ccccc2)CC1. The molecule has 0 aromatic heterocycles. The van der Waals surface area contributed by atoms with Gasteiger partial charge in [0.15, 0.2) is 6.61 Å². The van der Waals surface area contributed by atoms with Gasteiger partial charge in [-0.25, -0.2) is 13.1 Å². The Balaban J connectivity index is 1.37. The number of nitrogens with one attached hydrogen (secondary N) is 2. The Hall–Kier alpha value is -4.54. The fourth-order valence-corrected chi connectivity index (χ4v) is 6.60. The molecule has 2 N–H and O–H groups in total. The van der Waals surface area contributed by atoms with Crippen LogP contribution in [0.15, 0.2) is 108 Å². The maximum absolute atomic E-state index is 13.9. The molecule has 1 amide bonds. The number of sulfonamides is 1. The molecule has 0 aliphatic carbocycles. The Morgan fingerprint density at radius 3 is 2.09 bits per heavy atom. The molecule has 1 saturated heterocycles. The quantitative estimate of drug-likeness (QED) is 0.248. The lowest BCUT2D eigenvalue weighted by atomic mass is 10.1. The molecule has 5 rings (SSSR count). The molecule has 224 valence electrons. The smallest absolute Gasteiger partial charge is 0.262 e. The number of para-hydroxylation sites is 3. The summed E-state index contributed by atoms with van der Waals surface area (Å²) in [7, 11) is -2.33. The highest BCUT2D eigenvalue weighted by molar-refractivity contribution is 7.89. The highest BCUT2D eigenvalue weighted by Crippen LogP contribution is 2.33. The summed E-state index contributed by atoms with van der Waals surface area (Å²) in [5.41, 5.74) is 2.80. The Morgan fingerprint density at radius 2 is 1.42 bits per heavy atom. The minimum absolute atomic E-state index is 0.0998. The number of ether oxygens (including phenoxy) is 2. The van der Waals surface area contributed by atoms with E-state index < -0.39 is 22.0 Å². The van der Waals surface area contributed by atoms with Crippen LogP contribution in [-0.4, -0.2) is 54.2 Å². The van der Waals surface area contributed by atoms with E-state index in [0.717, 1.165) is 17.0 Å². The van der Waals surface area contributed by atoms with Crippen LogP contribution in [-0.2, 0) is 14.8 Å². The van der Waals surface area contributed by atoms with Crippen molar-refractivity contribution in [1.82, 2.24) is 4.72 Å². The number of nitrogens with zero attached hydrogens (tertiary/aromatic N) is 2. The van der Waals surface area contributed by atoms with Crippen molar-refractivity contribution in [2.24, 2.45) is 0 Å². The summed E-state index contributed by atoms with van der Waals surface area (Å²) in [6, 6.07) is 30.9. The van der Waals surface area contributed by atoms with E-state index in [0.29, 0.717) is 43.3 Å². The van der Waals surface area contributed by atoms with Crippen molar-refractivity contribution < 1.29 is 22.7 Å². The number of anilines is 3. The Kier molecular flexibility index (Phi) is 9.48. The standard InChI is InChI=1S/C33H36N4O5S/c1-25(26-11-5-3-6-12-26)35-43(39,40)32-23-27(34-33(38)24-42-28-13-7-4-8-14-28)17-18-30(32)37-21-19-36(20-22-37)29-15-9-10-16-31(29)41-2/h3-18,23,25,35H,19-22,24H2,1-2H3,(H,34,38)/t25-/m0/s1. The molecule has 43 heavy (non-hydrogen) atoms. The zero-order chi connectivity index (χ0) is 30.2. The van der Waals surface area contributed by atoms with Crippen molar-refractivity contribution in [3.8, 4) is 11.5 Å².